The molecule has 2 aromatic carbocycles. The normalized spacial score (nSPS) is 11.4. The van der Waals surface area contributed by atoms with Crippen LogP contribution in [0.15, 0.2) is 63.8 Å². The van der Waals surface area contributed by atoms with Gasteiger partial charge in [0.05, 0.1) is 18.6 Å². The summed E-state index contributed by atoms with van der Waals surface area (Å²) in [6.45, 7) is -0.347. The second kappa shape index (κ2) is 10.0. The lowest BCUT2D eigenvalue weighted by Crippen LogP contribution is -2.34. The number of anilines is 1. The van der Waals surface area contributed by atoms with E-state index < -0.39 is 15.9 Å². The predicted octanol–water partition coefficient (Wildman–Crippen LogP) is 3.10. The topological polar surface area (TPSA) is 101 Å². The van der Waals surface area contributed by atoms with Crippen LogP contribution >= 0.6 is 23.1 Å². The molecule has 30 heavy (non-hydrogen) atoms. The maximum Gasteiger partial charge on any atom is 0.243 e. The van der Waals surface area contributed by atoms with Gasteiger partial charge in [-0.2, -0.15) is 4.31 Å². The third kappa shape index (κ3) is 5.79. The van der Waals surface area contributed by atoms with E-state index in [2.05, 4.69) is 15.5 Å². The Kier molecular flexibility index (Phi) is 7.43. The molecule has 3 aromatic rings. The molecule has 1 heterocycles. The zero-order valence-electron chi connectivity index (χ0n) is 16.3. The number of carbonyl (C=O) groups is 1. The van der Waals surface area contributed by atoms with E-state index in [1.807, 2.05) is 30.3 Å². The number of methoxy groups -OCH3 is 1. The summed E-state index contributed by atoms with van der Waals surface area (Å²) in [4.78, 5) is 12.4. The molecule has 0 saturated heterocycles. The Bertz CT molecular complexity index is 1090. The van der Waals surface area contributed by atoms with Crippen LogP contribution in [-0.4, -0.2) is 49.5 Å². The van der Waals surface area contributed by atoms with Gasteiger partial charge in [-0.05, 0) is 29.8 Å². The van der Waals surface area contributed by atoms with E-state index in [1.54, 1.807) is 12.1 Å². The second-order valence-corrected chi connectivity index (χ2v) is 10.4. The van der Waals surface area contributed by atoms with Gasteiger partial charge in [-0.1, -0.05) is 53.4 Å². The minimum absolute atomic E-state index is 0.0779. The van der Waals surface area contributed by atoms with E-state index in [-0.39, 0.29) is 11.4 Å². The molecule has 1 N–H and O–H groups in total. The first-order valence-electron chi connectivity index (χ1n) is 8.79. The number of sulfonamides is 1. The van der Waals surface area contributed by atoms with Crippen LogP contribution in [0.1, 0.15) is 5.56 Å². The van der Waals surface area contributed by atoms with Gasteiger partial charge in [0.25, 0.3) is 0 Å². The highest BCUT2D eigenvalue weighted by Crippen LogP contribution is 2.28. The molecule has 0 aliphatic heterocycles. The SMILES string of the molecule is COc1ccc(S(=O)(=O)N(C)CC(=O)Nc2nnc(SCc3ccccc3)s2)cc1. The van der Waals surface area contributed by atoms with Gasteiger partial charge in [0.2, 0.25) is 21.1 Å². The van der Waals surface area contributed by atoms with Gasteiger partial charge in [-0.15, -0.1) is 10.2 Å². The van der Waals surface area contributed by atoms with Gasteiger partial charge < -0.3 is 4.74 Å². The molecule has 3 rings (SSSR count). The Labute approximate surface area is 183 Å². The molecule has 1 amide bonds. The summed E-state index contributed by atoms with van der Waals surface area (Å²) in [6, 6.07) is 15.9. The number of hydrogen-bond donors (Lipinski definition) is 1. The van der Waals surface area contributed by atoms with Crippen LogP contribution < -0.4 is 10.1 Å². The van der Waals surface area contributed by atoms with Crippen LogP contribution in [0.25, 0.3) is 0 Å². The van der Waals surface area contributed by atoms with Crippen molar-refractivity contribution in [2.45, 2.75) is 15.0 Å². The van der Waals surface area contributed by atoms with Crippen molar-refractivity contribution in [3.63, 3.8) is 0 Å². The fourth-order valence-electron chi connectivity index (χ4n) is 2.41. The van der Waals surface area contributed by atoms with E-state index in [4.69, 9.17) is 4.74 Å². The van der Waals surface area contributed by atoms with E-state index >= 15 is 0 Å². The molecule has 0 saturated carbocycles. The van der Waals surface area contributed by atoms with E-state index in [1.165, 1.54) is 49.4 Å². The molecule has 0 unspecified atom stereocenters. The average molecular weight is 465 g/mol. The summed E-state index contributed by atoms with van der Waals surface area (Å²) in [7, 11) is -0.959. The minimum atomic E-state index is -3.81. The highest BCUT2D eigenvalue weighted by Gasteiger charge is 2.23. The lowest BCUT2D eigenvalue weighted by Gasteiger charge is -2.16. The Morgan fingerprint density at radius 2 is 1.83 bits per heavy atom. The van der Waals surface area contributed by atoms with Crippen molar-refractivity contribution < 1.29 is 17.9 Å². The van der Waals surface area contributed by atoms with Crippen molar-refractivity contribution in [2.24, 2.45) is 0 Å². The highest BCUT2D eigenvalue weighted by molar-refractivity contribution is 8.00. The first-order chi connectivity index (χ1) is 14.4. The van der Waals surface area contributed by atoms with Crippen LogP contribution in [0, 0.1) is 0 Å². The molecule has 0 spiro atoms. The maximum atomic E-state index is 12.6. The van der Waals surface area contributed by atoms with Crippen molar-refractivity contribution in [2.75, 3.05) is 26.0 Å². The van der Waals surface area contributed by atoms with Gasteiger partial charge in [0, 0.05) is 12.8 Å². The van der Waals surface area contributed by atoms with E-state index in [0.29, 0.717) is 15.2 Å². The summed E-state index contributed by atoms with van der Waals surface area (Å²) in [6.07, 6.45) is 0. The number of hydrogen-bond acceptors (Lipinski definition) is 8. The zero-order chi connectivity index (χ0) is 21.6. The number of amides is 1. The molecule has 0 fully saturated rings. The summed E-state index contributed by atoms with van der Waals surface area (Å²) in [5.41, 5.74) is 1.16. The number of thioether (sulfide) groups is 1. The third-order valence-electron chi connectivity index (χ3n) is 3.99. The van der Waals surface area contributed by atoms with Crippen LogP contribution in [0.3, 0.4) is 0 Å². The molecule has 1 aromatic heterocycles. The van der Waals surface area contributed by atoms with E-state index in [0.717, 1.165) is 15.6 Å². The van der Waals surface area contributed by atoms with Crippen molar-refractivity contribution in [3.8, 4) is 5.75 Å². The summed E-state index contributed by atoms with van der Waals surface area (Å²) >= 11 is 2.76. The predicted molar refractivity (Wildman–Crippen MR) is 117 cm³/mol. The minimum Gasteiger partial charge on any atom is -0.497 e. The number of carbonyl (C=O) groups excluding carboxylic acids is 1. The Balaban J connectivity index is 1.55. The van der Waals surface area contributed by atoms with Gasteiger partial charge in [-0.3, -0.25) is 10.1 Å². The molecule has 0 atom stereocenters. The standard InChI is InChI=1S/C19H20N4O4S3/c1-23(30(25,26)16-10-8-15(27-2)9-11-16)12-17(24)20-18-21-22-19(29-18)28-13-14-6-4-3-5-7-14/h3-11H,12-13H2,1-2H3,(H,20,21,24). The Morgan fingerprint density at radius 3 is 2.50 bits per heavy atom. The van der Waals surface area contributed by atoms with Crippen molar-refractivity contribution in [1.82, 2.24) is 14.5 Å². The average Bonchev–Trinajstić information content (AvgIpc) is 3.20. The molecular weight excluding hydrogens is 444 g/mol. The van der Waals surface area contributed by atoms with E-state index in [9.17, 15) is 13.2 Å². The van der Waals surface area contributed by atoms with Crippen LogP contribution in [0.2, 0.25) is 0 Å². The zero-order valence-corrected chi connectivity index (χ0v) is 18.8. The molecule has 158 valence electrons. The van der Waals surface area contributed by atoms with Crippen molar-refractivity contribution in [3.05, 3.63) is 60.2 Å². The number of nitrogens with one attached hydrogen (secondary N) is 1. The monoisotopic (exact) mass is 464 g/mol. The quantitative estimate of drug-likeness (QED) is 0.383. The number of rotatable bonds is 9. The fourth-order valence-corrected chi connectivity index (χ4v) is 5.26. The molecule has 0 aliphatic carbocycles. The first kappa shape index (κ1) is 22.2. The van der Waals surface area contributed by atoms with Gasteiger partial charge in [0.15, 0.2) is 4.34 Å². The molecule has 8 nitrogen and oxygen atoms in total. The molecule has 0 bridgehead atoms. The highest BCUT2D eigenvalue weighted by atomic mass is 32.2. The number of likely N-dealkylation sites (N-methyl/N-ethyl adjacent to an activating group) is 1. The van der Waals surface area contributed by atoms with Gasteiger partial charge >= 0.3 is 0 Å². The largest absolute Gasteiger partial charge is 0.497 e. The Morgan fingerprint density at radius 1 is 1.13 bits per heavy atom. The smallest absolute Gasteiger partial charge is 0.243 e. The fraction of sp³-hybridized carbons (Fsp3) is 0.211. The lowest BCUT2D eigenvalue weighted by atomic mass is 10.2. The Hall–Kier alpha value is -2.47. The number of benzene rings is 2. The molecular formula is C19H20N4O4S3. The lowest BCUT2D eigenvalue weighted by molar-refractivity contribution is -0.116. The first-order valence-corrected chi connectivity index (χ1v) is 12.0. The number of ether oxygens (including phenoxy) is 1. The number of nitrogens with zero attached hydrogens (tertiary/aromatic N) is 3. The van der Waals surface area contributed by atoms with Gasteiger partial charge in [0.1, 0.15) is 5.75 Å². The number of aromatic nitrogens is 2. The van der Waals surface area contributed by atoms with Crippen molar-refractivity contribution >= 4 is 44.2 Å². The molecule has 0 aliphatic rings. The van der Waals surface area contributed by atoms with Crippen LogP contribution in [0.4, 0.5) is 5.13 Å². The van der Waals surface area contributed by atoms with Crippen LogP contribution in [-0.2, 0) is 20.6 Å². The van der Waals surface area contributed by atoms with Crippen LogP contribution in [0.5, 0.6) is 5.75 Å². The summed E-state index contributed by atoms with van der Waals surface area (Å²) in [5.74, 6) is 0.795. The molecule has 11 heteroatoms. The van der Waals surface area contributed by atoms with Gasteiger partial charge in [-0.25, -0.2) is 8.42 Å². The maximum absolute atomic E-state index is 12.6. The molecule has 0 radical (unpaired) electrons. The second-order valence-electron chi connectivity index (χ2n) is 6.13. The summed E-state index contributed by atoms with van der Waals surface area (Å²) < 4.78 is 32.0. The third-order valence-corrected chi connectivity index (χ3v) is 7.85. The van der Waals surface area contributed by atoms with Crippen molar-refractivity contribution in [1.29, 1.82) is 0 Å². The summed E-state index contributed by atoms with van der Waals surface area (Å²) in [5, 5.41) is 10.9.